The van der Waals surface area contributed by atoms with Gasteiger partial charge in [-0.1, -0.05) is 0 Å². The van der Waals surface area contributed by atoms with Gasteiger partial charge in [0.2, 0.25) is 0 Å². The fourth-order valence-corrected chi connectivity index (χ4v) is 0.486. The van der Waals surface area contributed by atoms with Gasteiger partial charge < -0.3 is 5.32 Å². The summed E-state index contributed by atoms with van der Waals surface area (Å²) in [4.78, 5) is 0. The highest BCUT2D eigenvalue weighted by Crippen LogP contribution is 1.79. The van der Waals surface area contributed by atoms with Gasteiger partial charge in [-0.15, -0.1) is 0 Å². The molecule has 2 unspecified atom stereocenters. The highest BCUT2D eigenvalue weighted by molar-refractivity contribution is 4.69. The zero-order valence-corrected chi connectivity index (χ0v) is 5.07. The first-order valence-electron chi connectivity index (χ1n) is 2.55. The van der Waals surface area contributed by atoms with E-state index < -0.39 is 0 Å². The molecule has 0 bridgehead atoms. The van der Waals surface area contributed by atoms with Gasteiger partial charge in [0, 0.05) is 12.1 Å². The average Bonchev–Trinajstić information content (AvgIpc) is 1.27. The highest BCUT2D eigenvalue weighted by atomic mass is 14.9. The van der Waals surface area contributed by atoms with Crippen molar-refractivity contribution in [2.24, 2.45) is 0 Å². The monoisotopic (exact) mass is 99.1 g/mol. The Morgan fingerprint density at radius 1 is 1.14 bits per heavy atom. The van der Waals surface area contributed by atoms with Gasteiger partial charge in [-0.25, -0.2) is 0 Å². The Morgan fingerprint density at radius 3 is 1.43 bits per heavy atom. The van der Waals surface area contributed by atoms with E-state index in [9.17, 15) is 0 Å². The van der Waals surface area contributed by atoms with Gasteiger partial charge >= 0.3 is 0 Å². The van der Waals surface area contributed by atoms with Crippen LogP contribution >= 0.6 is 0 Å². The summed E-state index contributed by atoms with van der Waals surface area (Å²) in [5, 5.41) is 3.08. The molecule has 1 heteroatoms. The molecule has 0 aliphatic rings. The third kappa shape index (κ3) is 5.96. The Balaban J connectivity index is 2.95. The third-order valence-corrected chi connectivity index (χ3v) is 0.569. The molecule has 0 fully saturated rings. The van der Waals surface area contributed by atoms with Crippen LogP contribution in [-0.2, 0) is 0 Å². The molecule has 0 saturated carbocycles. The molecule has 2 radical (unpaired) electrons. The summed E-state index contributed by atoms with van der Waals surface area (Å²) >= 11 is 0. The molecule has 0 aliphatic heterocycles. The van der Waals surface area contributed by atoms with E-state index >= 15 is 0 Å². The summed E-state index contributed by atoms with van der Waals surface area (Å²) in [7, 11) is 0. The van der Waals surface area contributed by atoms with E-state index in [4.69, 9.17) is 0 Å². The van der Waals surface area contributed by atoms with Crippen molar-refractivity contribution in [1.82, 2.24) is 5.32 Å². The van der Waals surface area contributed by atoms with Crippen LogP contribution in [0.3, 0.4) is 0 Å². The van der Waals surface area contributed by atoms with Crippen molar-refractivity contribution in [1.29, 1.82) is 0 Å². The van der Waals surface area contributed by atoms with Crippen molar-refractivity contribution in [2.45, 2.75) is 25.9 Å². The molecule has 1 N–H and O–H groups in total. The van der Waals surface area contributed by atoms with E-state index in [0.29, 0.717) is 12.1 Å². The van der Waals surface area contributed by atoms with Gasteiger partial charge in [-0.2, -0.15) is 0 Å². The van der Waals surface area contributed by atoms with Crippen molar-refractivity contribution in [3.05, 3.63) is 13.8 Å². The first kappa shape index (κ1) is 6.96. The number of hydrogen-bond donors (Lipinski definition) is 1. The van der Waals surface area contributed by atoms with Crippen molar-refractivity contribution >= 4 is 0 Å². The SMILES string of the molecule is [CH2]C(C)NC([CH2])C. The topological polar surface area (TPSA) is 12.0 Å². The smallest absolute Gasteiger partial charge is 0.00417 e. The van der Waals surface area contributed by atoms with E-state index in [1.807, 2.05) is 13.8 Å². The maximum Gasteiger partial charge on any atom is 0.00417 e. The maximum atomic E-state index is 3.73. The molecule has 1 nitrogen and oxygen atoms in total. The number of rotatable bonds is 2. The lowest BCUT2D eigenvalue weighted by Gasteiger charge is -2.09. The van der Waals surface area contributed by atoms with Crippen molar-refractivity contribution in [3.63, 3.8) is 0 Å². The zero-order chi connectivity index (χ0) is 5.86. The van der Waals surface area contributed by atoms with Crippen molar-refractivity contribution < 1.29 is 0 Å². The Labute approximate surface area is 46.1 Å². The second-order valence-corrected chi connectivity index (χ2v) is 1.97. The summed E-state index contributed by atoms with van der Waals surface area (Å²) in [6, 6.07) is 0.625. The predicted molar refractivity (Wildman–Crippen MR) is 32.8 cm³/mol. The Morgan fingerprint density at radius 2 is 1.43 bits per heavy atom. The van der Waals surface area contributed by atoms with E-state index in [1.165, 1.54) is 0 Å². The van der Waals surface area contributed by atoms with Crippen LogP contribution in [0.1, 0.15) is 13.8 Å². The van der Waals surface area contributed by atoms with Gasteiger partial charge in [0.15, 0.2) is 0 Å². The molecule has 0 spiro atoms. The molecule has 0 aromatic heterocycles. The van der Waals surface area contributed by atoms with Crippen LogP contribution in [0.4, 0.5) is 0 Å². The Kier molecular flexibility index (Phi) is 3.01. The summed E-state index contributed by atoms with van der Waals surface area (Å²) in [6.07, 6.45) is 0. The lowest BCUT2D eigenvalue weighted by atomic mass is 10.3. The normalized spacial score (nSPS) is 11.1. The first-order chi connectivity index (χ1) is 3.13. The number of nitrogens with one attached hydrogen (secondary N) is 1. The molecule has 2 atom stereocenters. The molecule has 42 valence electrons. The summed E-state index contributed by atoms with van der Waals surface area (Å²) < 4.78 is 0. The minimum atomic E-state index is 0.312. The van der Waals surface area contributed by atoms with Gasteiger partial charge in [0.25, 0.3) is 0 Å². The van der Waals surface area contributed by atoms with Crippen molar-refractivity contribution in [2.75, 3.05) is 0 Å². The van der Waals surface area contributed by atoms with Crippen LogP contribution in [0.2, 0.25) is 0 Å². The molecule has 0 aromatic rings. The van der Waals surface area contributed by atoms with Gasteiger partial charge in [-0.05, 0) is 27.7 Å². The standard InChI is InChI=1S/C6H13N/c1-5(2)7-6(3)4/h5-7H,1,3H2,2,4H3. The maximum absolute atomic E-state index is 3.73. The van der Waals surface area contributed by atoms with E-state index in [2.05, 4.69) is 19.2 Å². The molecule has 7 heavy (non-hydrogen) atoms. The molecular weight excluding hydrogens is 86.1 g/mol. The summed E-state index contributed by atoms with van der Waals surface area (Å²) in [6.45, 7) is 11.5. The third-order valence-electron chi connectivity index (χ3n) is 0.569. The summed E-state index contributed by atoms with van der Waals surface area (Å²) in [5.41, 5.74) is 0. The zero-order valence-electron chi connectivity index (χ0n) is 5.07. The Hall–Kier alpha value is -0.0400. The second-order valence-electron chi connectivity index (χ2n) is 1.97. The summed E-state index contributed by atoms with van der Waals surface area (Å²) in [5.74, 6) is 0. The quantitative estimate of drug-likeness (QED) is 0.545. The van der Waals surface area contributed by atoms with Crippen LogP contribution < -0.4 is 5.32 Å². The van der Waals surface area contributed by atoms with Crippen LogP contribution in [0.25, 0.3) is 0 Å². The largest absolute Gasteiger partial charge is 0.312 e. The minimum absolute atomic E-state index is 0.312. The molecular formula is C6H13N. The van der Waals surface area contributed by atoms with Crippen molar-refractivity contribution in [3.8, 4) is 0 Å². The van der Waals surface area contributed by atoms with E-state index in [-0.39, 0.29) is 0 Å². The fraction of sp³-hybridized carbons (Fsp3) is 0.667. The van der Waals surface area contributed by atoms with Gasteiger partial charge in [-0.3, -0.25) is 0 Å². The molecule has 0 aromatic carbocycles. The molecule has 0 heterocycles. The van der Waals surface area contributed by atoms with E-state index in [0.717, 1.165) is 0 Å². The van der Waals surface area contributed by atoms with Gasteiger partial charge in [0.05, 0.1) is 0 Å². The molecule has 0 amide bonds. The molecule has 0 saturated heterocycles. The number of hydrogen-bond acceptors (Lipinski definition) is 1. The van der Waals surface area contributed by atoms with Crippen LogP contribution in [0.15, 0.2) is 0 Å². The first-order valence-corrected chi connectivity index (χ1v) is 2.55. The molecule has 0 rings (SSSR count). The minimum Gasteiger partial charge on any atom is -0.312 e. The van der Waals surface area contributed by atoms with Crippen LogP contribution in [-0.4, -0.2) is 12.1 Å². The molecule has 0 aliphatic carbocycles. The second kappa shape index (κ2) is 3.03. The van der Waals surface area contributed by atoms with E-state index in [1.54, 1.807) is 0 Å². The fourth-order valence-electron chi connectivity index (χ4n) is 0.486. The lowest BCUT2D eigenvalue weighted by Crippen LogP contribution is -2.29. The average molecular weight is 99.2 g/mol. The lowest BCUT2D eigenvalue weighted by molar-refractivity contribution is 0.581. The van der Waals surface area contributed by atoms with Gasteiger partial charge in [0.1, 0.15) is 0 Å². The predicted octanol–water partition coefficient (Wildman–Crippen LogP) is 1.02. The Bertz CT molecular complexity index is 33.4. The highest BCUT2D eigenvalue weighted by Gasteiger charge is 1.92. The van der Waals surface area contributed by atoms with Crippen LogP contribution in [0, 0.1) is 13.8 Å². The van der Waals surface area contributed by atoms with Crippen LogP contribution in [0.5, 0.6) is 0 Å².